The van der Waals surface area contributed by atoms with E-state index in [0.29, 0.717) is 36.2 Å². The Kier molecular flexibility index (Phi) is 6.95. The summed E-state index contributed by atoms with van der Waals surface area (Å²) in [6.07, 6.45) is 0.530. The minimum atomic E-state index is -0.825. The van der Waals surface area contributed by atoms with Crippen LogP contribution in [0.25, 0.3) is 0 Å². The lowest BCUT2D eigenvalue weighted by atomic mass is 10.1. The first-order valence-corrected chi connectivity index (χ1v) is 8.28. The van der Waals surface area contributed by atoms with Gasteiger partial charge in [-0.15, -0.1) is 0 Å². The molecular formula is C19H21ClO5. The normalized spacial score (nSPS) is 10.4. The standard InChI is InChI=1S/C19H21ClO5/c1-13-11-15(5-6-16(13)20)24-9-10-25-17-7-3-14(4-8-19(21)22)12-18(17)23-2/h3,5-7,11-12H,4,8-10H2,1-2H3,(H,21,22). The molecule has 0 bridgehead atoms. The van der Waals surface area contributed by atoms with Crippen molar-refractivity contribution in [2.45, 2.75) is 19.8 Å². The summed E-state index contributed by atoms with van der Waals surface area (Å²) < 4.78 is 16.6. The van der Waals surface area contributed by atoms with Crippen LogP contribution >= 0.6 is 11.6 Å². The third kappa shape index (κ3) is 5.87. The number of carboxylic acid groups (broad SMARTS) is 1. The van der Waals surface area contributed by atoms with Gasteiger partial charge in [-0.25, -0.2) is 0 Å². The lowest BCUT2D eigenvalue weighted by Gasteiger charge is -2.13. The first-order valence-electron chi connectivity index (χ1n) is 7.90. The third-order valence-corrected chi connectivity index (χ3v) is 4.02. The van der Waals surface area contributed by atoms with Gasteiger partial charge in [0.2, 0.25) is 0 Å². The molecule has 0 aromatic heterocycles. The summed E-state index contributed by atoms with van der Waals surface area (Å²) in [4.78, 5) is 10.6. The van der Waals surface area contributed by atoms with E-state index in [4.69, 9.17) is 30.9 Å². The number of benzene rings is 2. The monoisotopic (exact) mass is 364 g/mol. The van der Waals surface area contributed by atoms with Crippen LogP contribution in [0.15, 0.2) is 36.4 Å². The van der Waals surface area contributed by atoms with Crippen LogP contribution in [0.3, 0.4) is 0 Å². The number of hydrogen-bond donors (Lipinski definition) is 1. The molecule has 0 aliphatic heterocycles. The second-order valence-corrected chi connectivity index (χ2v) is 5.89. The summed E-state index contributed by atoms with van der Waals surface area (Å²) in [5.41, 5.74) is 1.85. The van der Waals surface area contributed by atoms with Crippen molar-refractivity contribution in [1.29, 1.82) is 0 Å². The largest absolute Gasteiger partial charge is 0.493 e. The molecule has 134 valence electrons. The third-order valence-electron chi connectivity index (χ3n) is 3.59. The van der Waals surface area contributed by atoms with E-state index in [2.05, 4.69) is 0 Å². The number of ether oxygens (including phenoxy) is 3. The highest BCUT2D eigenvalue weighted by Crippen LogP contribution is 2.28. The van der Waals surface area contributed by atoms with Crippen LogP contribution in [0.1, 0.15) is 17.5 Å². The molecule has 0 unspecified atom stereocenters. The van der Waals surface area contributed by atoms with E-state index in [1.54, 1.807) is 25.3 Å². The molecule has 2 aromatic carbocycles. The Balaban J connectivity index is 1.87. The summed E-state index contributed by atoms with van der Waals surface area (Å²) in [6, 6.07) is 10.9. The number of carboxylic acids is 1. The van der Waals surface area contributed by atoms with Crippen molar-refractivity contribution in [2.75, 3.05) is 20.3 Å². The fraction of sp³-hybridized carbons (Fsp3) is 0.316. The van der Waals surface area contributed by atoms with Crippen LogP contribution in [0.2, 0.25) is 5.02 Å². The minimum absolute atomic E-state index is 0.0811. The highest BCUT2D eigenvalue weighted by atomic mass is 35.5. The minimum Gasteiger partial charge on any atom is -0.493 e. The van der Waals surface area contributed by atoms with Gasteiger partial charge in [0.25, 0.3) is 0 Å². The molecule has 0 amide bonds. The fourth-order valence-corrected chi connectivity index (χ4v) is 2.37. The predicted molar refractivity (Wildman–Crippen MR) is 96.1 cm³/mol. The van der Waals surface area contributed by atoms with E-state index in [0.717, 1.165) is 16.9 Å². The van der Waals surface area contributed by atoms with Gasteiger partial charge >= 0.3 is 5.97 Å². The van der Waals surface area contributed by atoms with E-state index < -0.39 is 5.97 Å². The maximum Gasteiger partial charge on any atom is 0.303 e. The number of methoxy groups -OCH3 is 1. The Bertz CT molecular complexity index is 730. The number of aryl methyl sites for hydroxylation is 2. The summed E-state index contributed by atoms with van der Waals surface area (Å²) in [5.74, 6) is 1.08. The molecule has 0 fully saturated rings. The van der Waals surface area contributed by atoms with Crippen molar-refractivity contribution >= 4 is 17.6 Å². The SMILES string of the molecule is COc1cc(CCC(=O)O)ccc1OCCOc1ccc(Cl)c(C)c1. The molecule has 0 heterocycles. The van der Waals surface area contributed by atoms with Crippen LogP contribution in [-0.2, 0) is 11.2 Å². The summed E-state index contributed by atoms with van der Waals surface area (Å²) >= 11 is 5.98. The molecular weight excluding hydrogens is 344 g/mol. The molecule has 6 heteroatoms. The quantitative estimate of drug-likeness (QED) is 0.678. The first-order chi connectivity index (χ1) is 12.0. The molecule has 1 N–H and O–H groups in total. The van der Waals surface area contributed by atoms with Crippen molar-refractivity contribution in [3.8, 4) is 17.2 Å². The van der Waals surface area contributed by atoms with Gasteiger partial charge in [-0.3, -0.25) is 4.79 Å². The molecule has 0 radical (unpaired) electrons. The first kappa shape index (κ1) is 18.9. The van der Waals surface area contributed by atoms with Crippen molar-refractivity contribution < 1.29 is 24.1 Å². The predicted octanol–water partition coefficient (Wildman–Crippen LogP) is 4.13. The molecule has 0 aliphatic carbocycles. The number of aliphatic carboxylic acids is 1. The van der Waals surface area contributed by atoms with E-state index in [1.807, 2.05) is 25.1 Å². The second-order valence-electron chi connectivity index (χ2n) is 5.49. The molecule has 2 aromatic rings. The van der Waals surface area contributed by atoms with E-state index in [9.17, 15) is 4.79 Å². The molecule has 0 aliphatic rings. The Morgan fingerprint density at radius 3 is 2.52 bits per heavy atom. The zero-order valence-corrected chi connectivity index (χ0v) is 15.0. The average Bonchev–Trinajstić information content (AvgIpc) is 2.60. The number of rotatable bonds is 9. The summed E-state index contributed by atoms with van der Waals surface area (Å²) in [6.45, 7) is 2.65. The van der Waals surface area contributed by atoms with Crippen LogP contribution in [0.4, 0.5) is 0 Å². The Labute approximate surface area is 152 Å². The second kappa shape index (κ2) is 9.18. The van der Waals surface area contributed by atoms with Crippen molar-refractivity contribution in [3.63, 3.8) is 0 Å². The fourth-order valence-electron chi connectivity index (χ4n) is 2.26. The van der Waals surface area contributed by atoms with Gasteiger partial charge < -0.3 is 19.3 Å². The lowest BCUT2D eigenvalue weighted by molar-refractivity contribution is -0.136. The van der Waals surface area contributed by atoms with E-state index in [1.165, 1.54) is 0 Å². The molecule has 2 rings (SSSR count). The maximum atomic E-state index is 10.6. The van der Waals surface area contributed by atoms with Crippen molar-refractivity contribution in [2.24, 2.45) is 0 Å². The average molecular weight is 365 g/mol. The van der Waals surface area contributed by atoms with Crippen LogP contribution in [0, 0.1) is 6.92 Å². The highest BCUT2D eigenvalue weighted by molar-refractivity contribution is 6.31. The van der Waals surface area contributed by atoms with Gasteiger partial charge in [0.1, 0.15) is 19.0 Å². The van der Waals surface area contributed by atoms with Gasteiger partial charge in [0.15, 0.2) is 11.5 Å². The number of hydrogen-bond acceptors (Lipinski definition) is 4. The Morgan fingerprint density at radius 1 is 1.08 bits per heavy atom. The van der Waals surface area contributed by atoms with E-state index >= 15 is 0 Å². The Morgan fingerprint density at radius 2 is 1.84 bits per heavy atom. The highest BCUT2D eigenvalue weighted by Gasteiger charge is 2.07. The molecule has 5 nitrogen and oxygen atoms in total. The van der Waals surface area contributed by atoms with Gasteiger partial charge in [-0.2, -0.15) is 0 Å². The molecule has 0 atom stereocenters. The molecule has 0 saturated carbocycles. The maximum absolute atomic E-state index is 10.6. The Hall–Kier alpha value is -2.40. The summed E-state index contributed by atoms with van der Waals surface area (Å²) in [7, 11) is 1.55. The van der Waals surface area contributed by atoms with Gasteiger partial charge in [-0.05, 0) is 54.8 Å². The van der Waals surface area contributed by atoms with E-state index in [-0.39, 0.29) is 6.42 Å². The smallest absolute Gasteiger partial charge is 0.303 e. The number of carbonyl (C=O) groups is 1. The molecule has 0 spiro atoms. The number of halogens is 1. The van der Waals surface area contributed by atoms with Crippen LogP contribution in [-0.4, -0.2) is 31.4 Å². The molecule has 25 heavy (non-hydrogen) atoms. The zero-order chi connectivity index (χ0) is 18.2. The van der Waals surface area contributed by atoms with Crippen molar-refractivity contribution in [3.05, 3.63) is 52.5 Å². The van der Waals surface area contributed by atoms with Crippen LogP contribution in [0.5, 0.6) is 17.2 Å². The summed E-state index contributed by atoms with van der Waals surface area (Å²) in [5, 5.41) is 9.45. The van der Waals surface area contributed by atoms with Crippen molar-refractivity contribution in [1.82, 2.24) is 0 Å². The van der Waals surface area contributed by atoms with Crippen LogP contribution < -0.4 is 14.2 Å². The lowest BCUT2D eigenvalue weighted by Crippen LogP contribution is -2.09. The zero-order valence-electron chi connectivity index (χ0n) is 14.3. The molecule has 0 saturated heterocycles. The van der Waals surface area contributed by atoms with Gasteiger partial charge in [0, 0.05) is 11.4 Å². The van der Waals surface area contributed by atoms with Gasteiger partial charge in [-0.1, -0.05) is 17.7 Å². The topological polar surface area (TPSA) is 65.0 Å². The van der Waals surface area contributed by atoms with Gasteiger partial charge in [0.05, 0.1) is 7.11 Å².